The van der Waals surface area contributed by atoms with Gasteiger partial charge in [-0.1, -0.05) is 41.7 Å². The lowest BCUT2D eigenvalue weighted by atomic mass is 10.2. The van der Waals surface area contributed by atoms with Crippen molar-refractivity contribution >= 4 is 46.4 Å². The number of halogens is 3. The fraction of sp³-hybridized carbons (Fsp3) is 0.417. The van der Waals surface area contributed by atoms with Crippen molar-refractivity contribution in [3.05, 3.63) is 23.8 Å². The Kier molecular flexibility index (Phi) is 5.57. The first-order valence-electron chi connectivity index (χ1n) is 5.46. The second-order valence-corrected chi connectivity index (χ2v) is 6.06. The molecular weight excluding hydrogens is 296 g/mol. The standard InChI is InChI=1S/C12H14Cl3NO2/c1-3-6-18-10-5-4-9(7-8(10)2)16-11(17)12(13,14)15/h4-5,7H,3,6H2,1-2H3,(H,16,17). The van der Waals surface area contributed by atoms with Crippen LogP contribution in [0.3, 0.4) is 0 Å². The molecule has 3 nitrogen and oxygen atoms in total. The molecule has 0 unspecified atom stereocenters. The van der Waals surface area contributed by atoms with Crippen molar-refractivity contribution in [1.29, 1.82) is 0 Å². The molecule has 0 aliphatic rings. The van der Waals surface area contributed by atoms with Crippen LogP contribution in [0, 0.1) is 6.92 Å². The highest BCUT2D eigenvalue weighted by Gasteiger charge is 2.30. The lowest BCUT2D eigenvalue weighted by molar-refractivity contribution is -0.115. The number of benzene rings is 1. The summed E-state index contributed by atoms with van der Waals surface area (Å²) < 4.78 is 3.56. The molecule has 1 amide bonds. The van der Waals surface area contributed by atoms with Gasteiger partial charge in [-0.15, -0.1) is 0 Å². The van der Waals surface area contributed by atoms with Crippen LogP contribution in [0.4, 0.5) is 5.69 Å². The number of aryl methyl sites for hydroxylation is 1. The highest BCUT2D eigenvalue weighted by molar-refractivity contribution is 6.76. The van der Waals surface area contributed by atoms with E-state index in [0.29, 0.717) is 12.3 Å². The van der Waals surface area contributed by atoms with E-state index < -0.39 is 9.70 Å². The molecule has 1 aromatic carbocycles. The Bertz CT molecular complexity index is 430. The van der Waals surface area contributed by atoms with Crippen LogP contribution in [0.15, 0.2) is 18.2 Å². The zero-order valence-corrected chi connectivity index (χ0v) is 12.4. The van der Waals surface area contributed by atoms with Gasteiger partial charge in [-0.05, 0) is 37.1 Å². The predicted octanol–water partition coefficient (Wildman–Crippen LogP) is 4.09. The minimum atomic E-state index is -1.97. The number of carbonyl (C=O) groups is 1. The fourth-order valence-electron chi connectivity index (χ4n) is 1.30. The van der Waals surface area contributed by atoms with Crippen LogP contribution in [0.25, 0.3) is 0 Å². The third-order valence-corrected chi connectivity index (χ3v) is 2.67. The number of ether oxygens (including phenoxy) is 1. The Morgan fingerprint density at radius 1 is 1.39 bits per heavy atom. The maximum Gasteiger partial charge on any atom is 0.276 e. The molecule has 1 rings (SSSR count). The summed E-state index contributed by atoms with van der Waals surface area (Å²) in [7, 11) is 0. The van der Waals surface area contributed by atoms with Crippen LogP contribution >= 0.6 is 34.8 Å². The zero-order chi connectivity index (χ0) is 13.8. The van der Waals surface area contributed by atoms with Crippen molar-refractivity contribution in [1.82, 2.24) is 0 Å². The molecule has 1 N–H and O–H groups in total. The molecule has 0 saturated carbocycles. The molecule has 6 heteroatoms. The fourth-order valence-corrected chi connectivity index (χ4v) is 1.44. The number of alkyl halides is 3. The summed E-state index contributed by atoms with van der Waals surface area (Å²) in [6.07, 6.45) is 0.936. The molecule has 100 valence electrons. The number of carbonyl (C=O) groups excluding carboxylic acids is 1. The van der Waals surface area contributed by atoms with Crippen LogP contribution in [-0.4, -0.2) is 16.3 Å². The van der Waals surface area contributed by atoms with Gasteiger partial charge in [0.05, 0.1) is 6.61 Å². The highest BCUT2D eigenvalue weighted by Crippen LogP contribution is 2.29. The summed E-state index contributed by atoms with van der Waals surface area (Å²) in [5.41, 5.74) is 1.47. The average molecular weight is 311 g/mol. The van der Waals surface area contributed by atoms with E-state index >= 15 is 0 Å². The Morgan fingerprint density at radius 3 is 2.56 bits per heavy atom. The molecule has 18 heavy (non-hydrogen) atoms. The summed E-state index contributed by atoms with van der Waals surface area (Å²) in [6.45, 7) is 4.57. The van der Waals surface area contributed by atoms with Gasteiger partial charge in [-0.3, -0.25) is 4.79 Å². The van der Waals surface area contributed by atoms with Crippen LogP contribution in [0.5, 0.6) is 5.75 Å². The van der Waals surface area contributed by atoms with Crippen molar-refractivity contribution in [3.63, 3.8) is 0 Å². The second kappa shape index (κ2) is 6.50. The molecular formula is C12H14Cl3NO2. The monoisotopic (exact) mass is 309 g/mol. The summed E-state index contributed by atoms with van der Waals surface area (Å²) in [6, 6.07) is 5.24. The molecule has 0 atom stereocenters. The molecule has 0 fully saturated rings. The molecule has 0 spiro atoms. The summed E-state index contributed by atoms with van der Waals surface area (Å²) in [5, 5.41) is 2.52. The molecule has 0 aliphatic heterocycles. The normalized spacial score (nSPS) is 11.2. The number of nitrogens with one attached hydrogen (secondary N) is 1. The van der Waals surface area contributed by atoms with Gasteiger partial charge in [0.25, 0.3) is 9.70 Å². The lowest BCUT2D eigenvalue weighted by Gasteiger charge is -2.13. The van der Waals surface area contributed by atoms with Gasteiger partial charge in [0, 0.05) is 5.69 Å². The Hall–Kier alpha value is -0.640. The second-order valence-electron chi connectivity index (χ2n) is 3.78. The van der Waals surface area contributed by atoms with Gasteiger partial charge in [0.2, 0.25) is 0 Å². The van der Waals surface area contributed by atoms with Crippen molar-refractivity contribution in [2.75, 3.05) is 11.9 Å². The molecule has 0 aromatic heterocycles. The highest BCUT2D eigenvalue weighted by atomic mass is 35.6. The van der Waals surface area contributed by atoms with Gasteiger partial charge in [0.15, 0.2) is 0 Å². The van der Waals surface area contributed by atoms with Crippen LogP contribution in [0.2, 0.25) is 0 Å². The van der Waals surface area contributed by atoms with E-state index in [1.807, 2.05) is 13.8 Å². The third-order valence-electron chi connectivity index (χ3n) is 2.15. The van der Waals surface area contributed by atoms with Crippen LogP contribution < -0.4 is 10.1 Å². The van der Waals surface area contributed by atoms with E-state index in [2.05, 4.69) is 5.32 Å². The zero-order valence-electron chi connectivity index (χ0n) is 10.1. The molecule has 0 aliphatic carbocycles. The van der Waals surface area contributed by atoms with Gasteiger partial charge >= 0.3 is 0 Å². The van der Waals surface area contributed by atoms with Gasteiger partial charge in [0.1, 0.15) is 5.75 Å². The molecule has 0 radical (unpaired) electrons. The first kappa shape index (κ1) is 15.4. The molecule has 0 heterocycles. The van der Waals surface area contributed by atoms with Crippen molar-refractivity contribution in [2.24, 2.45) is 0 Å². The number of hydrogen-bond acceptors (Lipinski definition) is 2. The number of rotatable bonds is 4. The minimum Gasteiger partial charge on any atom is -0.493 e. The third kappa shape index (κ3) is 4.56. The Morgan fingerprint density at radius 2 is 2.06 bits per heavy atom. The van der Waals surface area contributed by atoms with Crippen LogP contribution in [-0.2, 0) is 4.79 Å². The van der Waals surface area contributed by atoms with E-state index in [1.165, 1.54) is 0 Å². The first-order chi connectivity index (χ1) is 8.34. The number of hydrogen-bond donors (Lipinski definition) is 1. The quantitative estimate of drug-likeness (QED) is 0.851. The maximum atomic E-state index is 11.5. The van der Waals surface area contributed by atoms with E-state index in [1.54, 1.807) is 18.2 Å². The predicted molar refractivity (Wildman–Crippen MR) is 75.9 cm³/mol. The van der Waals surface area contributed by atoms with E-state index in [9.17, 15) is 4.79 Å². The SMILES string of the molecule is CCCOc1ccc(NC(=O)C(Cl)(Cl)Cl)cc1C. The minimum absolute atomic E-state index is 0.563. The Balaban J connectivity index is 2.75. The topological polar surface area (TPSA) is 38.3 Å². The summed E-state index contributed by atoms with van der Waals surface area (Å²) in [4.78, 5) is 11.5. The molecule has 0 saturated heterocycles. The maximum absolute atomic E-state index is 11.5. The number of amides is 1. The van der Waals surface area contributed by atoms with E-state index in [4.69, 9.17) is 39.5 Å². The largest absolute Gasteiger partial charge is 0.493 e. The van der Waals surface area contributed by atoms with Gasteiger partial charge in [-0.2, -0.15) is 0 Å². The van der Waals surface area contributed by atoms with Crippen molar-refractivity contribution in [2.45, 2.75) is 24.1 Å². The van der Waals surface area contributed by atoms with E-state index in [-0.39, 0.29) is 0 Å². The van der Waals surface area contributed by atoms with Crippen molar-refractivity contribution in [3.8, 4) is 5.75 Å². The van der Waals surface area contributed by atoms with E-state index in [0.717, 1.165) is 17.7 Å². The first-order valence-corrected chi connectivity index (χ1v) is 6.59. The lowest BCUT2D eigenvalue weighted by Crippen LogP contribution is -2.26. The number of anilines is 1. The molecule has 0 bridgehead atoms. The summed E-state index contributed by atoms with van der Waals surface area (Å²) in [5.74, 6) is 0.0952. The van der Waals surface area contributed by atoms with Gasteiger partial charge < -0.3 is 10.1 Å². The average Bonchev–Trinajstić information content (AvgIpc) is 2.26. The van der Waals surface area contributed by atoms with Crippen molar-refractivity contribution < 1.29 is 9.53 Å². The summed E-state index contributed by atoms with van der Waals surface area (Å²) >= 11 is 16.4. The smallest absolute Gasteiger partial charge is 0.276 e. The van der Waals surface area contributed by atoms with Gasteiger partial charge in [-0.25, -0.2) is 0 Å². The molecule has 1 aromatic rings. The Labute approximate surface area is 121 Å². The van der Waals surface area contributed by atoms with Crippen LogP contribution in [0.1, 0.15) is 18.9 Å².